The number of carbonyl (C=O) groups excluding carboxylic acids is 1. The van der Waals surface area contributed by atoms with Gasteiger partial charge in [0.15, 0.2) is 16.8 Å². The van der Waals surface area contributed by atoms with Crippen LogP contribution in [-0.4, -0.2) is 96.6 Å². The zero-order chi connectivity index (χ0) is 32.5. The lowest BCUT2D eigenvalue weighted by Gasteiger charge is -2.40. The molecule has 1 amide bonds. The Morgan fingerprint density at radius 3 is 2.40 bits per heavy atom. The average Bonchev–Trinajstić information content (AvgIpc) is 3.74. The maximum Gasteiger partial charge on any atom is 0.255 e. The maximum atomic E-state index is 14.7. The lowest BCUT2D eigenvalue weighted by Crippen LogP contribution is -2.56. The number of fused-ring (bicyclic) bond motifs is 3. The molecule has 2 aromatic carbocycles. The summed E-state index contributed by atoms with van der Waals surface area (Å²) in [5.74, 6) is 1.19. The zero-order valence-electron chi connectivity index (χ0n) is 26.4. The van der Waals surface area contributed by atoms with Gasteiger partial charge in [0.2, 0.25) is 11.8 Å². The SMILES string of the molecule is COCCOc1ccc(N2CCN(C(=O)C(C)(c3ccccc3)n3ncc4c3nc(N)n3nc(-c5nccnc5C)nc43)CC2)cc1. The molecule has 1 aliphatic heterocycles. The Balaban J connectivity index is 1.20. The minimum atomic E-state index is -1.23. The van der Waals surface area contributed by atoms with Gasteiger partial charge in [0, 0.05) is 51.4 Å². The summed E-state index contributed by atoms with van der Waals surface area (Å²) in [7, 11) is 1.65. The summed E-state index contributed by atoms with van der Waals surface area (Å²) in [6.45, 7) is 7.19. The molecule has 14 heteroatoms. The normalized spacial score (nSPS) is 14.9. The van der Waals surface area contributed by atoms with Crippen molar-refractivity contribution in [1.29, 1.82) is 0 Å². The second-order valence-corrected chi connectivity index (χ2v) is 11.5. The van der Waals surface area contributed by atoms with E-state index in [1.54, 1.807) is 30.4 Å². The number of nitrogens with two attached hydrogens (primary N) is 1. The molecular formula is C33H35N11O3. The molecule has 7 rings (SSSR count). The number of benzene rings is 2. The third-order valence-corrected chi connectivity index (χ3v) is 8.62. The number of anilines is 2. The van der Waals surface area contributed by atoms with Gasteiger partial charge in [-0.3, -0.25) is 9.78 Å². The fourth-order valence-corrected chi connectivity index (χ4v) is 6.03. The number of rotatable bonds is 9. The largest absolute Gasteiger partial charge is 0.491 e. The van der Waals surface area contributed by atoms with Crippen molar-refractivity contribution in [3.8, 4) is 17.3 Å². The van der Waals surface area contributed by atoms with Crippen LogP contribution in [0.2, 0.25) is 0 Å². The number of amides is 1. The van der Waals surface area contributed by atoms with E-state index >= 15 is 0 Å². The molecule has 240 valence electrons. The molecular weight excluding hydrogens is 598 g/mol. The van der Waals surface area contributed by atoms with Gasteiger partial charge in [-0.05, 0) is 43.7 Å². The van der Waals surface area contributed by atoms with Gasteiger partial charge in [0.25, 0.3) is 5.91 Å². The average molecular weight is 634 g/mol. The summed E-state index contributed by atoms with van der Waals surface area (Å²) in [5, 5.41) is 9.94. The van der Waals surface area contributed by atoms with Gasteiger partial charge in [-0.2, -0.15) is 14.6 Å². The second-order valence-electron chi connectivity index (χ2n) is 11.5. The summed E-state index contributed by atoms with van der Waals surface area (Å²) in [6, 6.07) is 17.6. The van der Waals surface area contributed by atoms with E-state index in [1.165, 1.54) is 4.52 Å². The number of hydrogen-bond acceptors (Lipinski definition) is 11. The Morgan fingerprint density at radius 2 is 1.68 bits per heavy atom. The van der Waals surface area contributed by atoms with Gasteiger partial charge in [-0.25, -0.2) is 14.6 Å². The van der Waals surface area contributed by atoms with E-state index < -0.39 is 5.54 Å². The minimum absolute atomic E-state index is 0.0900. The van der Waals surface area contributed by atoms with Crippen LogP contribution in [0.1, 0.15) is 18.2 Å². The molecule has 1 aliphatic rings. The first kappa shape index (κ1) is 30.0. The Morgan fingerprint density at radius 1 is 0.936 bits per heavy atom. The van der Waals surface area contributed by atoms with Crippen LogP contribution < -0.4 is 15.4 Å². The molecule has 2 N–H and O–H groups in total. The van der Waals surface area contributed by atoms with E-state index in [-0.39, 0.29) is 11.9 Å². The number of carbonyl (C=O) groups is 1. The highest BCUT2D eigenvalue weighted by Gasteiger charge is 2.43. The molecule has 47 heavy (non-hydrogen) atoms. The van der Waals surface area contributed by atoms with Gasteiger partial charge < -0.3 is 25.0 Å². The minimum Gasteiger partial charge on any atom is -0.491 e. The highest BCUT2D eigenvalue weighted by atomic mass is 16.5. The van der Waals surface area contributed by atoms with Crippen molar-refractivity contribution in [2.45, 2.75) is 19.4 Å². The van der Waals surface area contributed by atoms with E-state index in [2.05, 4.69) is 20.0 Å². The molecule has 4 aromatic heterocycles. The number of aryl methyl sites for hydroxylation is 1. The monoisotopic (exact) mass is 633 g/mol. The molecule has 0 bridgehead atoms. The van der Waals surface area contributed by atoms with Gasteiger partial charge in [0.1, 0.15) is 18.1 Å². The van der Waals surface area contributed by atoms with Gasteiger partial charge >= 0.3 is 0 Å². The number of ether oxygens (including phenoxy) is 2. The van der Waals surface area contributed by atoms with Crippen LogP contribution in [0.4, 0.5) is 11.6 Å². The van der Waals surface area contributed by atoms with Crippen LogP contribution in [0.15, 0.2) is 73.2 Å². The van der Waals surface area contributed by atoms with Crippen molar-refractivity contribution in [1.82, 2.24) is 44.2 Å². The first-order valence-electron chi connectivity index (χ1n) is 15.4. The molecule has 0 aliphatic carbocycles. The van der Waals surface area contributed by atoms with Crippen molar-refractivity contribution in [3.63, 3.8) is 0 Å². The summed E-state index contributed by atoms with van der Waals surface area (Å²) in [6.07, 6.45) is 4.87. The summed E-state index contributed by atoms with van der Waals surface area (Å²) in [5.41, 5.74) is 9.20. The van der Waals surface area contributed by atoms with Crippen LogP contribution in [0.25, 0.3) is 28.2 Å². The van der Waals surface area contributed by atoms with Crippen molar-refractivity contribution in [3.05, 3.63) is 84.4 Å². The van der Waals surface area contributed by atoms with E-state index in [0.29, 0.717) is 73.3 Å². The van der Waals surface area contributed by atoms with E-state index in [4.69, 9.17) is 30.3 Å². The zero-order valence-corrected chi connectivity index (χ0v) is 26.4. The predicted molar refractivity (Wildman–Crippen MR) is 176 cm³/mol. The lowest BCUT2D eigenvalue weighted by molar-refractivity contribution is -0.138. The molecule has 14 nitrogen and oxygen atoms in total. The highest BCUT2D eigenvalue weighted by molar-refractivity contribution is 5.94. The van der Waals surface area contributed by atoms with Crippen molar-refractivity contribution < 1.29 is 14.3 Å². The maximum absolute atomic E-state index is 14.7. The van der Waals surface area contributed by atoms with E-state index in [1.807, 2.05) is 73.3 Å². The number of methoxy groups -OCH3 is 1. The molecule has 1 saturated heterocycles. The molecule has 6 aromatic rings. The Bertz CT molecular complexity index is 2040. The van der Waals surface area contributed by atoms with Crippen molar-refractivity contribution in [2.75, 3.05) is 57.1 Å². The molecule has 0 radical (unpaired) electrons. The number of nitrogens with zero attached hydrogens (tertiary/aromatic N) is 10. The second kappa shape index (κ2) is 12.3. The molecule has 1 unspecified atom stereocenters. The van der Waals surface area contributed by atoms with E-state index in [0.717, 1.165) is 17.0 Å². The number of piperazine rings is 1. The Kier molecular flexibility index (Phi) is 7.85. The summed E-state index contributed by atoms with van der Waals surface area (Å²) < 4.78 is 13.9. The van der Waals surface area contributed by atoms with Gasteiger partial charge in [-0.1, -0.05) is 30.3 Å². The first-order valence-corrected chi connectivity index (χ1v) is 15.4. The van der Waals surface area contributed by atoms with Crippen molar-refractivity contribution in [2.24, 2.45) is 0 Å². The summed E-state index contributed by atoms with van der Waals surface area (Å²) >= 11 is 0. The topological polar surface area (TPSA) is 155 Å². The molecule has 1 atom stereocenters. The number of aromatic nitrogens is 8. The number of nitrogen functional groups attached to an aromatic ring is 1. The van der Waals surface area contributed by atoms with Crippen LogP contribution in [-0.2, 0) is 15.1 Å². The van der Waals surface area contributed by atoms with Crippen molar-refractivity contribution >= 4 is 34.2 Å². The van der Waals surface area contributed by atoms with Gasteiger partial charge in [-0.15, -0.1) is 5.10 Å². The highest BCUT2D eigenvalue weighted by Crippen LogP contribution is 2.33. The summed E-state index contributed by atoms with van der Waals surface area (Å²) in [4.78, 5) is 37.0. The van der Waals surface area contributed by atoms with Crippen LogP contribution in [0.3, 0.4) is 0 Å². The molecule has 0 saturated carbocycles. The third kappa shape index (κ3) is 5.35. The molecule has 5 heterocycles. The smallest absolute Gasteiger partial charge is 0.255 e. The Hall–Kier alpha value is -5.63. The predicted octanol–water partition coefficient (Wildman–Crippen LogP) is 2.96. The fourth-order valence-electron chi connectivity index (χ4n) is 6.03. The van der Waals surface area contributed by atoms with Gasteiger partial charge in [0.05, 0.1) is 23.9 Å². The molecule has 0 spiro atoms. The Labute approximate surface area is 270 Å². The quantitative estimate of drug-likeness (QED) is 0.234. The third-order valence-electron chi connectivity index (χ3n) is 8.62. The van der Waals surface area contributed by atoms with Crippen LogP contribution in [0, 0.1) is 6.92 Å². The lowest BCUT2D eigenvalue weighted by atomic mass is 9.90. The van der Waals surface area contributed by atoms with Crippen LogP contribution in [0.5, 0.6) is 5.75 Å². The fraction of sp³-hybridized carbons (Fsp3) is 0.303. The van der Waals surface area contributed by atoms with E-state index in [9.17, 15) is 4.79 Å². The molecule has 1 fully saturated rings. The number of hydrogen-bond donors (Lipinski definition) is 1. The standard InChI is InChI=1S/C33H35N11O3/c1-22-27(36-14-13-35-22)28-38-29-26-21-37-44(30(26)39-32(34)43(29)40-28)33(2,23-7-5-4-6-8-23)31(45)42-17-15-41(16-18-42)24-9-11-25(12-10-24)47-20-19-46-3/h4-14,21H,15-20H2,1-3H3,(H2,34,39). The van der Waals surface area contributed by atoms with Crippen LogP contribution >= 0.6 is 0 Å². The first-order chi connectivity index (χ1) is 22.9.